The molecule has 21 heavy (non-hydrogen) atoms. The van der Waals surface area contributed by atoms with Gasteiger partial charge in [-0.2, -0.15) is 0 Å². The first-order valence-corrected chi connectivity index (χ1v) is 6.93. The molecule has 2 rings (SSSR count). The van der Waals surface area contributed by atoms with Crippen LogP contribution in [0.25, 0.3) is 0 Å². The summed E-state index contributed by atoms with van der Waals surface area (Å²) < 4.78 is 24.3. The number of methoxy groups -OCH3 is 1. The lowest BCUT2D eigenvalue weighted by Crippen LogP contribution is -2.02. The number of hydrogen-bond acceptors (Lipinski definition) is 3. The summed E-state index contributed by atoms with van der Waals surface area (Å²) in [5.41, 5.74) is 2.45. The molecule has 0 saturated carbocycles. The molecule has 0 bridgehead atoms. The highest BCUT2D eigenvalue weighted by Gasteiger charge is 2.05. The van der Waals surface area contributed by atoms with Crippen LogP contribution in [0.1, 0.15) is 18.1 Å². The number of aryl methyl sites for hydroxylation is 1. The van der Waals surface area contributed by atoms with Crippen LogP contribution in [0, 0.1) is 12.7 Å². The lowest BCUT2D eigenvalue weighted by molar-refractivity contribution is 0.311. The van der Waals surface area contributed by atoms with E-state index in [4.69, 9.17) is 9.47 Å². The van der Waals surface area contributed by atoms with Gasteiger partial charge in [-0.15, -0.1) is 0 Å². The maximum Gasteiger partial charge on any atom is 0.163 e. The Kier molecular flexibility index (Phi) is 5.04. The molecule has 4 heteroatoms. The second-order valence-electron chi connectivity index (χ2n) is 4.74. The van der Waals surface area contributed by atoms with E-state index in [1.54, 1.807) is 26.2 Å². The van der Waals surface area contributed by atoms with E-state index in [0.717, 1.165) is 11.3 Å². The van der Waals surface area contributed by atoms with E-state index in [-0.39, 0.29) is 5.82 Å². The van der Waals surface area contributed by atoms with Crippen LogP contribution in [0.4, 0.5) is 10.1 Å². The summed E-state index contributed by atoms with van der Waals surface area (Å²) in [6.07, 6.45) is 0. The molecule has 0 aliphatic rings. The third-order valence-corrected chi connectivity index (χ3v) is 3.20. The standard InChI is InChI=1S/C17H20FNO2/c1-4-21-17-10-14(7-8-16(17)20-3)19-11-13-6-5-12(2)15(18)9-13/h5-10,19H,4,11H2,1-3H3. The van der Waals surface area contributed by atoms with Crippen LogP contribution in [-0.4, -0.2) is 13.7 Å². The van der Waals surface area contributed by atoms with Gasteiger partial charge in [0.1, 0.15) is 5.82 Å². The highest BCUT2D eigenvalue weighted by molar-refractivity contribution is 5.55. The van der Waals surface area contributed by atoms with E-state index < -0.39 is 0 Å². The molecule has 0 atom stereocenters. The molecule has 3 nitrogen and oxygen atoms in total. The first-order valence-electron chi connectivity index (χ1n) is 6.93. The fourth-order valence-corrected chi connectivity index (χ4v) is 2.01. The molecule has 1 N–H and O–H groups in total. The number of anilines is 1. The molecule has 0 saturated heterocycles. The second kappa shape index (κ2) is 6.97. The van der Waals surface area contributed by atoms with E-state index >= 15 is 0 Å². The summed E-state index contributed by atoms with van der Waals surface area (Å²) >= 11 is 0. The van der Waals surface area contributed by atoms with Crippen LogP contribution in [0.15, 0.2) is 36.4 Å². The smallest absolute Gasteiger partial charge is 0.163 e. The molecule has 2 aromatic rings. The second-order valence-corrected chi connectivity index (χ2v) is 4.74. The molecule has 2 aromatic carbocycles. The molecule has 0 aliphatic carbocycles. The maximum atomic E-state index is 13.5. The van der Waals surface area contributed by atoms with Crippen LogP contribution in [0.2, 0.25) is 0 Å². The molecule has 0 heterocycles. The molecule has 0 radical (unpaired) electrons. The Morgan fingerprint density at radius 2 is 1.90 bits per heavy atom. The summed E-state index contributed by atoms with van der Waals surface area (Å²) in [5.74, 6) is 1.21. The third kappa shape index (κ3) is 3.88. The highest BCUT2D eigenvalue weighted by atomic mass is 19.1. The molecule has 0 fully saturated rings. The van der Waals surface area contributed by atoms with E-state index in [9.17, 15) is 4.39 Å². The molecular weight excluding hydrogens is 269 g/mol. The number of nitrogens with one attached hydrogen (secondary N) is 1. The number of benzene rings is 2. The van der Waals surface area contributed by atoms with Crippen LogP contribution >= 0.6 is 0 Å². The van der Waals surface area contributed by atoms with Crippen molar-refractivity contribution in [1.82, 2.24) is 0 Å². The van der Waals surface area contributed by atoms with Crippen LogP contribution < -0.4 is 14.8 Å². The topological polar surface area (TPSA) is 30.5 Å². The van der Waals surface area contributed by atoms with E-state index in [1.165, 1.54) is 0 Å². The number of halogens is 1. The Bertz CT molecular complexity index is 614. The first-order chi connectivity index (χ1) is 10.1. The molecule has 112 valence electrons. The van der Waals surface area contributed by atoms with Crippen LogP contribution in [-0.2, 0) is 6.54 Å². The zero-order valence-corrected chi connectivity index (χ0v) is 12.6. The van der Waals surface area contributed by atoms with Gasteiger partial charge < -0.3 is 14.8 Å². The van der Waals surface area contributed by atoms with Crippen molar-refractivity contribution in [2.45, 2.75) is 20.4 Å². The monoisotopic (exact) mass is 289 g/mol. The van der Waals surface area contributed by atoms with Crippen molar-refractivity contribution < 1.29 is 13.9 Å². The van der Waals surface area contributed by atoms with Crippen molar-refractivity contribution in [2.24, 2.45) is 0 Å². The summed E-state index contributed by atoms with van der Waals surface area (Å²) in [6.45, 7) is 4.80. The Hall–Kier alpha value is -2.23. The number of hydrogen-bond donors (Lipinski definition) is 1. The largest absolute Gasteiger partial charge is 0.493 e. The molecular formula is C17H20FNO2. The minimum absolute atomic E-state index is 0.181. The minimum atomic E-state index is -0.181. The van der Waals surface area contributed by atoms with Crippen molar-refractivity contribution in [2.75, 3.05) is 19.0 Å². The van der Waals surface area contributed by atoms with Crippen molar-refractivity contribution in [3.8, 4) is 11.5 Å². The third-order valence-electron chi connectivity index (χ3n) is 3.20. The van der Waals surface area contributed by atoms with E-state index in [2.05, 4.69) is 5.32 Å². The van der Waals surface area contributed by atoms with Crippen molar-refractivity contribution >= 4 is 5.69 Å². The van der Waals surface area contributed by atoms with Gasteiger partial charge in [-0.05, 0) is 43.2 Å². The van der Waals surface area contributed by atoms with Gasteiger partial charge in [-0.3, -0.25) is 0 Å². The minimum Gasteiger partial charge on any atom is -0.493 e. The number of ether oxygens (including phenoxy) is 2. The first kappa shape index (κ1) is 15.2. The molecule has 0 spiro atoms. The average Bonchev–Trinajstić information content (AvgIpc) is 2.49. The summed E-state index contributed by atoms with van der Waals surface area (Å²) in [4.78, 5) is 0. The number of rotatable bonds is 6. The molecule has 0 unspecified atom stereocenters. The Morgan fingerprint density at radius 1 is 1.10 bits per heavy atom. The Labute approximate surface area is 124 Å². The van der Waals surface area contributed by atoms with Crippen molar-refractivity contribution in [3.05, 3.63) is 53.3 Å². The van der Waals surface area contributed by atoms with Crippen LogP contribution in [0.3, 0.4) is 0 Å². The fraction of sp³-hybridized carbons (Fsp3) is 0.294. The van der Waals surface area contributed by atoms with Gasteiger partial charge in [0.25, 0.3) is 0 Å². The van der Waals surface area contributed by atoms with Crippen LogP contribution in [0.5, 0.6) is 11.5 Å². The maximum absolute atomic E-state index is 13.5. The van der Waals surface area contributed by atoms with Gasteiger partial charge in [0.15, 0.2) is 11.5 Å². The van der Waals surface area contributed by atoms with Gasteiger partial charge in [-0.25, -0.2) is 4.39 Å². The van der Waals surface area contributed by atoms with Crippen molar-refractivity contribution in [1.29, 1.82) is 0 Å². The summed E-state index contributed by atoms with van der Waals surface area (Å²) in [7, 11) is 1.61. The lowest BCUT2D eigenvalue weighted by atomic mass is 10.1. The zero-order valence-electron chi connectivity index (χ0n) is 12.6. The molecule has 0 aromatic heterocycles. The normalized spacial score (nSPS) is 10.3. The predicted octanol–water partition coefficient (Wildman–Crippen LogP) is 4.15. The quantitative estimate of drug-likeness (QED) is 0.866. The fourth-order valence-electron chi connectivity index (χ4n) is 2.01. The summed E-state index contributed by atoms with van der Waals surface area (Å²) in [5, 5.41) is 3.26. The SMILES string of the molecule is CCOc1cc(NCc2ccc(C)c(F)c2)ccc1OC. The van der Waals surface area contributed by atoms with Gasteiger partial charge in [-0.1, -0.05) is 12.1 Å². The average molecular weight is 289 g/mol. The van der Waals surface area contributed by atoms with E-state index in [0.29, 0.717) is 30.2 Å². The zero-order chi connectivity index (χ0) is 15.2. The Morgan fingerprint density at radius 3 is 2.57 bits per heavy atom. The predicted molar refractivity (Wildman–Crippen MR) is 82.6 cm³/mol. The molecule has 0 aliphatic heterocycles. The summed E-state index contributed by atoms with van der Waals surface area (Å²) in [6, 6.07) is 10.9. The Balaban J connectivity index is 2.08. The lowest BCUT2D eigenvalue weighted by Gasteiger charge is -2.12. The van der Waals surface area contributed by atoms with E-state index in [1.807, 2.05) is 31.2 Å². The van der Waals surface area contributed by atoms with Gasteiger partial charge in [0, 0.05) is 18.3 Å². The highest BCUT2D eigenvalue weighted by Crippen LogP contribution is 2.30. The van der Waals surface area contributed by atoms with Gasteiger partial charge in [0.2, 0.25) is 0 Å². The van der Waals surface area contributed by atoms with Crippen molar-refractivity contribution in [3.63, 3.8) is 0 Å². The van der Waals surface area contributed by atoms with Gasteiger partial charge >= 0.3 is 0 Å². The molecule has 0 amide bonds. The van der Waals surface area contributed by atoms with Gasteiger partial charge in [0.05, 0.1) is 13.7 Å².